The van der Waals surface area contributed by atoms with Crippen molar-refractivity contribution in [3.05, 3.63) is 58.7 Å². The number of phenolic OH excluding ortho intramolecular Hbond substituents is 1. The molecule has 0 saturated carbocycles. The van der Waals surface area contributed by atoms with Crippen molar-refractivity contribution in [2.24, 2.45) is 0 Å². The summed E-state index contributed by atoms with van der Waals surface area (Å²) < 4.78 is 5.42. The minimum Gasteiger partial charge on any atom is -0.508 e. The largest absolute Gasteiger partial charge is 0.508 e. The van der Waals surface area contributed by atoms with E-state index in [0.29, 0.717) is 5.56 Å². The molecular weight excluding hydrogens is 314 g/mol. The van der Waals surface area contributed by atoms with Crippen molar-refractivity contribution < 1.29 is 14.6 Å². The van der Waals surface area contributed by atoms with Gasteiger partial charge in [0.05, 0.1) is 13.2 Å². The molecule has 0 aliphatic heterocycles. The van der Waals surface area contributed by atoms with Crippen molar-refractivity contribution in [2.45, 2.75) is 45.1 Å². The van der Waals surface area contributed by atoms with E-state index in [1.807, 2.05) is 39.0 Å². The summed E-state index contributed by atoms with van der Waals surface area (Å²) in [6, 6.07) is 11.0. The maximum atomic E-state index is 12.7. The van der Waals surface area contributed by atoms with Gasteiger partial charge in [0, 0.05) is 11.1 Å². The Morgan fingerprint density at radius 1 is 1.24 bits per heavy atom. The summed E-state index contributed by atoms with van der Waals surface area (Å²) in [6.07, 6.45) is 1.76. The van der Waals surface area contributed by atoms with Crippen LogP contribution in [0.15, 0.2) is 36.4 Å². The molecule has 1 aliphatic rings. The van der Waals surface area contributed by atoms with Crippen molar-refractivity contribution in [3.8, 4) is 11.5 Å². The maximum Gasteiger partial charge on any atom is 0.251 e. The monoisotopic (exact) mass is 339 g/mol. The van der Waals surface area contributed by atoms with Crippen LogP contribution in [-0.2, 0) is 11.8 Å². The van der Waals surface area contributed by atoms with Gasteiger partial charge in [0.15, 0.2) is 0 Å². The van der Waals surface area contributed by atoms with Gasteiger partial charge < -0.3 is 15.2 Å². The zero-order valence-corrected chi connectivity index (χ0v) is 15.2. The molecule has 1 amide bonds. The molecule has 0 spiro atoms. The third-order valence-corrected chi connectivity index (χ3v) is 4.82. The van der Waals surface area contributed by atoms with Gasteiger partial charge in [-0.1, -0.05) is 32.9 Å². The molecule has 25 heavy (non-hydrogen) atoms. The first-order valence-electron chi connectivity index (χ1n) is 8.61. The number of amides is 1. The molecule has 1 aliphatic carbocycles. The Balaban J connectivity index is 1.84. The topological polar surface area (TPSA) is 58.6 Å². The number of benzene rings is 2. The molecule has 3 rings (SSSR count). The van der Waals surface area contributed by atoms with Gasteiger partial charge in [-0.15, -0.1) is 0 Å². The zero-order valence-electron chi connectivity index (χ0n) is 15.2. The van der Waals surface area contributed by atoms with E-state index < -0.39 is 0 Å². The standard InChI is InChI=1S/C21H25NO3/c1-21(2,3)16-12-13(8-11-18(16)23)20(24)22-17-10-9-15-14(17)6-5-7-19(15)25-4/h5-8,11-12,17,23H,9-10H2,1-4H3,(H,22,24). The predicted molar refractivity (Wildman–Crippen MR) is 98.3 cm³/mol. The summed E-state index contributed by atoms with van der Waals surface area (Å²) in [6.45, 7) is 6.05. The van der Waals surface area contributed by atoms with Gasteiger partial charge in [-0.25, -0.2) is 0 Å². The van der Waals surface area contributed by atoms with Crippen LogP contribution in [0, 0.1) is 0 Å². The van der Waals surface area contributed by atoms with Crippen LogP contribution in [0.5, 0.6) is 11.5 Å². The van der Waals surface area contributed by atoms with Gasteiger partial charge in [0.1, 0.15) is 11.5 Å². The number of ether oxygens (including phenoxy) is 1. The molecule has 4 heteroatoms. The Kier molecular flexibility index (Phi) is 4.46. The van der Waals surface area contributed by atoms with Crippen molar-refractivity contribution in [2.75, 3.05) is 7.11 Å². The van der Waals surface area contributed by atoms with E-state index in [9.17, 15) is 9.90 Å². The average Bonchev–Trinajstić information content (AvgIpc) is 2.97. The number of methoxy groups -OCH3 is 1. The molecule has 0 saturated heterocycles. The number of hydrogen-bond donors (Lipinski definition) is 2. The second-order valence-corrected chi connectivity index (χ2v) is 7.57. The van der Waals surface area contributed by atoms with Crippen molar-refractivity contribution in [1.82, 2.24) is 5.32 Å². The van der Waals surface area contributed by atoms with Crippen molar-refractivity contribution in [1.29, 1.82) is 0 Å². The molecule has 0 fully saturated rings. The SMILES string of the molecule is COc1cccc2c1CCC2NC(=O)c1ccc(O)c(C(C)(C)C)c1. The van der Waals surface area contributed by atoms with Crippen molar-refractivity contribution in [3.63, 3.8) is 0 Å². The van der Waals surface area contributed by atoms with Crippen LogP contribution in [-0.4, -0.2) is 18.1 Å². The van der Waals surface area contributed by atoms with Crippen molar-refractivity contribution >= 4 is 5.91 Å². The minimum atomic E-state index is -0.228. The van der Waals surface area contributed by atoms with Crippen LogP contribution < -0.4 is 10.1 Å². The fourth-order valence-electron chi connectivity index (χ4n) is 3.48. The number of carbonyl (C=O) groups excluding carboxylic acids is 1. The first-order valence-corrected chi connectivity index (χ1v) is 8.61. The first kappa shape index (κ1) is 17.3. The van der Waals surface area contributed by atoms with Crippen LogP contribution in [0.2, 0.25) is 0 Å². The highest BCUT2D eigenvalue weighted by atomic mass is 16.5. The Morgan fingerprint density at radius 2 is 2.00 bits per heavy atom. The van der Waals surface area contributed by atoms with E-state index >= 15 is 0 Å². The van der Waals surface area contributed by atoms with Gasteiger partial charge in [-0.05, 0) is 53.6 Å². The van der Waals surface area contributed by atoms with Gasteiger partial charge in [-0.2, -0.15) is 0 Å². The lowest BCUT2D eigenvalue weighted by Crippen LogP contribution is -2.27. The van der Waals surface area contributed by atoms with E-state index in [1.165, 1.54) is 5.56 Å². The highest BCUT2D eigenvalue weighted by Crippen LogP contribution is 2.37. The predicted octanol–water partition coefficient (Wildman–Crippen LogP) is 4.12. The minimum absolute atomic E-state index is 0.00973. The zero-order chi connectivity index (χ0) is 18.2. The Bertz CT molecular complexity index is 805. The first-order chi connectivity index (χ1) is 11.8. The summed E-state index contributed by atoms with van der Waals surface area (Å²) in [7, 11) is 1.67. The quantitative estimate of drug-likeness (QED) is 0.884. The van der Waals surface area contributed by atoms with Gasteiger partial charge in [-0.3, -0.25) is 4.79 Å². The molecular formula is C21H25NO3. The molecule has 0 radical (unpaired) electrons. The van der Waals surface area contributed by atoms with E-state index in [2.05, 4.69) is 5.32 Å². The van der Waals surface area contributed by atoms with Gasteiger partial charge >= 0.3 is 0 Å². The Morgan fingerprint density at radius 3 is 2.68 bits per heavy atom. The molecule has 4 nitrogen and oxygen atoms in total. The lowest BCUT2D eigenvalue weighted by atomic mass is 9.85. The van der Waals surface area contributed by atoms with Crippen LogP contribution in [0.1, 0.15) is 60.3 Å². The molecule has 1 atom stereocenters. The number of hydrogen-bond acceptors (Lipinski definition) is 3. The van der Waals surface area contributed by atoms with Crippen LogP contribution in [0.25, 0.3) is 0 Å². The summed E-state index contributed by atoms with van der Waals surface area (Å²) in [5.74, 6) is 0.986. The highest BCUT2D eigenvalue weighted by Gasteiger charge is 2.27. The smallest absolute Gasteiger partial charge is 0.251 e. The van der Waals surface area contributed by atoms with Gasteiger partial charge in [0.25, 0.3) is 5.91 Å². The second kappa shape index (κ2) is 6.43. The number of aromatic hydroxyl groups is 1. The van der Waals surface area contributed by atoms with E-state index in [0.717, 1.165) is 29.7 Å². The van der Waals surface area contributed by atoms with Crippen LogP contribution in [0.3, 0.4) is 0 Å². The van der Waals surface area contributed by atoms with Crippen LogP contribution in [0.4, 0.5) is 0 Å². The lowest BCUT2D eigenvalue weighted by Gasteiger charge is -2.21. The van der Waals surface area contributed by atoms with E-state index in [1.54, 1.807) is 25.3 Å². The number of phenols is 1. The maximum absolute atomic E-state index is 12.7. The second-order valence-electron chi connectivity index (χ2n) is 7.57. The molecule has 132 valence electrons. The number of rotatable bonds is 3. The summed E-state index contributed by atoms with van der Waals surface area (Å²) >= 11 is 0. The van der Waals surface area contributed by atoms with E-state index in [-0.39, 0.29) is 23.1 Å². The summed E-state index contributed by atoms with van der Waals surface area (Å²) in [4.78, 5) is 12.7. The molecule has 2 aromatic carbocycles. The number of nitrogens with one attached hydrogen (secondary N) is 1. The van der Waals surface area contributed by atoms with Crippen LogP contribution >= 0.6 is 0 Å². The summed E-state index contributed by atoms with van der Waals surface area (Å²) in [5, 5.41) is 13.2. The average molecular weight is 339 g/mol. The molecule has 0 aromatic heterocycles. The van der Waals surface area contributed by atoms with E-state index in [4.69, 9.17) is 4.74 Å². The number of fused-ring (bicyclic) bond motifs is 1. The highest BCUT2D eigenvalue weighted by molar-refractivity contribution is 5.95. The lowest BCUT2D eigenvalue weighted by molar-refractivity contribution is 0.0936. The molecule has 1 unspecified atom stereocenters. The Hall–Kier alpha value is -2.49. The Labute approximate surface area is 148 Å². The summed E-state index contributed by atoms with van der Waals surface area (Å²) in [5.41, 5.74) is 3.42. The van der Waals surface area contributed by atoms with Gasteiger partial charge in [0.2, 0.25) is 0 Å². The molecule has 2 N–H and O–H groups in total. The fraction of sp³-hybridized carbons (Fsp3) is 0.381. The number of carbonyl (C=O) groups is 1. The fourth-order valence-corrected chi connectivity index (χ4v) is 3.48. The normalized spacial score (nSPS) is 16.4. The third-order valence-electron chi connectivity index (χ3n) is 4.82. The molecule has 0 heterocycles. The molecule has 2 aromatic rings. The third kappa shape index (κ3) is 3.34. The molecule has 0 bridgehead atoms.